The highest BCUT2D eigenvalue weighted by atomic mass is 16.6. The van der Waals surface area contributed by atoms with Gasteiger partial charge >= 0.3 is 6.09 Å². The third-order valence-corrected chi connectivity index (χ3v) is 4.39. The largest absolute Gasteiger partial charge is 0.444 e. The van der Waals surface area contributed by atoms with E-state index in [4.69, 9.17) is 4.74 Å². The molecular weight excluding hydrogens is 304 g/mol. The molecule has 24 heavy (non-hydrogen) atoms. The Morgan fingerprint density at radius 2 is 1.88 bits per heavy atom. The minimum Gasteiger partial charge on any atom is -0.444 e. The van der Waals surface area contributed by atoms with Crippen molar-refractivity contribution in [3.8, 4) is 0 Å². The lowest BCUT2D eigenvalue weighted by molar-refractivity contribution is 0.0149. The Balaban J connectivity index is 2.64. The summed E-state index contributed by atoms with van der Waals surface area (Å²) in [6, 6.07) is 0.788. The van der Waals surface area contributed by atoms with E-state index in [1.807, 2.05) is 32.6 Å². The molecule has 0 radical (unpaired) electrons. The van der Waals surface area contributed by atoms with Crippen molar-refractivity contribution < 1.29 is 14.6 Å². The summed E-state index contributed by atoms with van der Waals surface area (Å²) in [4.78, 5) is 14.5. The lowest BCUT2D eigenvalue weighted by Gasteiger charge is -2.34. The average molecular weight is 343 g/mol. The molecule has 0 bridgehead atoms. The monoisotopic (exact) mass is 342 g/mol. The summed E-state index contributed by atoms with van der Waals surface area (Å²) < 4.78 is 5.61. The van der Waals surface area contributed by atoms with Gasteiger partial charge in [-0.15, -0.1) is 0 Å². The number of hydrogen-bond acceptors (Lipinski definition) is 4. The molecule has 1 amide bonds. The molecule has 5 nitrogen and oxygen atoms in total. The molecule has 1 heterocycles. The van der Waals surface area contributed by atoms with Crippen LogP contribution in [-0.2, 0) is 4.74 Å². The Hall–Kier alpha value is -0.810. The number of carbonyl (C=O) groups excluding carboxylic acids is 1. The standard InChI is InChI=1S/C19H38N2O3/c1-14(12-16(3)22)20-15(2)13-17-10-8-7-9-11-21(17)18(23)24-19(4,5)6/h14-17,20,22H,7-13H2,1-6H3. The number of rotatable bonds is 6. The summed E-state index contributed by atoms with van der Waals surface area (Å²) in [5, 5.41) is 13.1. The van der Waals surface area contributed by atoms with E-state index in [2.05, 4.69) is 19.2 Å². The van der Waals surface area contributed by atoms with Crippen LogP contribution in [0.4, 0.5) is 4.79 Å². The van der Waals surface area contributed by atoms with Gasteiger partial charge in [0.05, 0.1) is 6.10 Å². The van der Waals surface area contributed by atoms with Crippen molar-refractivity contribution >= 4 is 6.09 Å². The van der Waals surface area contributed by atoms with Crippen LogP contribution >= 0.6 is 0 Å². The minimum atomic E-state index is -0.455. The summed E-state index contributed by atoms with van der Waals surface area (Å²) in [5.41, 5.74) is -0.455. The van der Waals surface area contributed by atoms with Crippen LogP contribution in [0.3, 0.4) is 0 Å². The zero-order chi connectivity index (χ0) is 18.3. The van der Waals surface area contributed by atoms with E-state index in [0.29, 0.717) is 6.04 Å². The summed E-state index contributed by atoms with van der Waals surface area (Å²) in [5.74, 6) is 0. The van der Waals surface area contributed by atoms with E-state index in [-0.39, 0.29) is 24.3 Å². The van der Waals surface area contributed by atoms with E-state index >= 15 is 0 Å². The highest BCUT2D eigenvalue weighted by Gasteiger charge is 2.30. The fraction of sp³-hybridized carbons (Fsp3) is 0.947. The van der Waals surface area contributed by atoms with Gasteiger partial charge in [-0.2, -0.15) is 0 Å². The van der Waals surface area contributed by atoms with Gasteiger partial charge in [0, 0.05) is 24.7 Å². The first kappa shape index (κ1) is 21.2. The van der Waals surface area contributed by atoms with Gasteiger partial charge in [0.2, 0.25) is 0 Å². The smallest absolute Gasteiger partial charge is 0.410 e. The van der Waals surface area contributed by atoms with Crippen LogP contribution < -0.4 is 5.32 Å². The molecule has 0 aliphatic carbocycles. The molecule has 1 aliphatic rings. The predicted octanol–water partition coefficient (Wildman–Crippen LogP) is 3.69. The molecular formula is C19H38N2O3. The molecule has 142 valence electrons. The van der Waals surface area contributed by atoms with Gasteiger partial charge in [-0.25, -0.2) is 4.79 Å². The van der Waals surface area contributed by atoms with Crippen LogP contribution in [0.25, 0.3) is 0 Å². The number of aliphatic hydroxyl groups is 1. The summed E-state index contributed by atoms with van der Waals surface area (Å²) >= 11 is 0. The molecule has 0 aromatic carbocycles. The topological polar surface area (TPSA) is 61.8 Å². The van der Waals surface area contributed by atoms with Crippen LogP contribution in [0.2, 0.25) is 0 Å². The second-order valence-corrected chi connectivity index (χ2v) is 8.47. The van der Waals surface area contributed by atoms with E-state index in [0.717, 1.165) is 32.2 Å². The molecule has 5 heteroatoms. The molecule has 4 unspecified atom stereocenters. The van der Waals surface area contributed by atoms with E-state index in [1.54, 1.807) is 0 Å². The van der Waals surface area contributed by atoms with Gasteiger partial charge in [0.25, 0.3) is 0 Å². The zero-order valence-corrected chi connectivity index (χ0v) is 16.5. The quantitative estimate of drug-likeness (QED) is 0.773. The third kappa shape index (κ3) is 8.34. The van der Waals surface area contributed by atoms with Crippen LogP contribution in [0.15, 0.2) is 0 Å². The molecule has 0 spiro atoms. The van der Waals surface area contributed by atoms with Crippen molar-refractivity contribution in [1.29, 1.82) is 0 Å². The molecule has 1 rings (SSSR count). The SMILES string of the molecule is CC(O)CC(C)NC(C)CC1CCCCCN1C(=O)OC(C)(C)C. The first-order valence-electron chi connectivity index (χ1n) is 9.52. The van der Waals surface area contributed by atoms with Gasteiger partial charge in [0.1, 0.15) is 5.60 Å². The van der Waals surface area contributed by atoms with Gasteiger partial charge in [0.15, 0.2) is 0 Å². The molecule has 1 aliphatic heterocycles. The Labute approximate surface area is 148 Å². The molecule has 2 N–H and O–H groups in total. The van der Waals surface area contributed by atoms with Crippen LogP contribution in [0, 0.1) is 0 Å². The summed E-state index contributed by atoms with van der Waals surface area (Å²) in [6.45, 7) is 12.6. The zero-order valence-electron chi connectivity index (χ0n) is 16.5. The predicted molar refractivity (Wildman–Crippen MR) is 98.2 cm³/mol. The second-order valence-electron chi connectivity index (χ2n) is 8.47. The third-order valence-electron chi connectivity index (χ3n) is 4.39. The fourth-order valence-electron chi connectivity index (χ4n) is 3.52. The highest BCUT2D eigenvalue weighted by Crippen LogP contribution is 2.23. The fourth-order valence-corrected chi connectivity index (χ4v) is 3.52. The van der Waals surface area contributed by atoms with Crippen LogP contribution in [0.1, 0.15) is 80.1 Å². The maximum atomic E-state index is 12.6. The number of hydrogen-bond donors (Lipinski definition) is 2. The van der Waals surface area contributed by atoms with Crippen LogP contribution in [-0.4, -0.2) is 52.5 Å². The van der Waals surface area contributed by atoms with Crippen LogP contribution in [0.5, 0.6) is 0 Å². The van der Waals surface area contributed by atoms with E-state index in [9.17, 15) is 9.90 Å². The van der Waals surface area contributed by atoms with Crippen molar-refractivity contribution in [3.63, 3.8) is 0 Å². The van der Waals surface area contributed by atoms with Gasteiger partial charge in [-0.3, -0.25) is 0 Å². The maximum Gasteiger partial charge on any atom is 0.410 e. The lowest BCUT2D eigenvalue weighted by atomic mass is 10.0. The van der Waals surface area contributed by atoms with Crippen molar-refractivity contribution in [1.82, 2.24) is 10.2 Å². The van der Waals surface area contributed by atoms with Crippen molar-refractivity contribution in [2.75, 3.05) is 6.54 Å². The molecule has 1 saturated heterocycles. The molecule has 0 aromatic heterocycles. The van der Waals surface area contributed by atoms with Crippen molar-refractivity contribution in [2.24, 2.45) is 0 Å². The lowest BCUT2D eigenvalue weighted by Crippen LogP contribution is -2.47. The number of carbonyl (C=O) groups is 1. The minimum absolute atomic E-state index is 0.182. The van der Waals surface area contributed by atoms with Gasteiger partial charge < -0.3 is 20.1 Å². The highest BCUT2D eigenvalue weighted by molar-refractivity contribution is 5.68. The Kier molecular flexibility index (Phi) is 8.51. The molecule has 1 fully saturated rings. The van der Waals surface area contributed by atoms with Crippen molar-refractivity contribution in [3.05, 3.63) is 0 Å². The molecule has 0 saturated carbocycles. The summed E-state index contributed by atoms with van der Waals surface area (Å²) in [6.07, 6.45) is 5.62. The maximum absolute atomic E-state index is 12.6. The normalized spacial score (nSPS) is 23.3. The number of nitrogens with zero attached hydrogens (tertiary/aromatic N) is 1. The molecule has 0 aromatic rings. The first-order chi connectivity index (χ1) is 11.1. The Morgan fingerprint density at radius 3 is 2.46 bits per heavy atom. The number of amides is 1. The number of aliphatic hydroxyl groups excluding tert-OH is 1. The Morgan fingerprint density at radius 1 is 1.21 bits per heavy atom. The number of likely N-dealkylation sites (tertiary alicyclic amines) is 1. The Bertz CT molecular complexity index is 379. The van der Waals surface area contributed by atoms with Gasteiger partial charge in [-0.1, -0.05) is 12.8 Å². The van der Waals surface area contributed by atoms with Crippen molar-refractivity contribution in [2.45, 2.75) is 110 Å². The number of ether oxygens (including phenoxy) is 1. The second kappa shape index (κ2) is 9.62. The molecule has 4 atom stereocenters. The average Bonchev–Trinajstić information content (AvgIpc) is 2.60. The summed E-state index contributed by atoms with van der Waals surface area (Å²) in [7, 11) is 0. The van der Waals surface area contributed by atoms with E-state index in [1.165, 1.54) is 12.8 Å². The van der Waals surface area contributed by atoms with E-state index < -0.39 is 5.60 Å². The number of nitrogens with one attached hydrogen (secondary N) is 1. The van der Waals surface area contributed by atoms with Gasteiger partial charge in [-0.05, 0) is 67.2 Å². The first-order valence-corrected chi connectivity index (χ1v) is 9.52.